The maximum absolute atomic E-state index is 13.3. The number of amides is 1. The summed E-state index contributed by atoms with van der Waals surface area (Å²) < 4.78 is 13.3. The number of para-hydroxylation sites is 2. The first-order valence-electron chi connectivity index (χ1n) is 9.96. The molecule has 0 saturated heterocycles. The minimum Gasteiger partial charge on any atom is -0.378 e. The second kappa shape index (κ2) is 7.70. The van der Waals surface area contributed by atoms with E-state index in [2.05, 4.69) is 37.4 Å². The smallest absolute Gasteiger partial charge is 0.258 e. The molecular weight excluding hydrogens is 363 g/mol. The van der Waals surface area contributed by atoms with Crippen LogP contribution in [0.25, 0.3) is 0 Å². The third-order valence-electron chi connectivity index (χ3n) is 5.69. The van der Waals surface area contributed by atoms with Gasteiger partial charge in [0, 0.05) is 17.3 Å². The maximum Gasteiger partial charge on any atom is 0.258 e. The number of carbonyl (C=O) groups is 1. The van der Waals surface area contributed by atoms with Crippen LogP contribution in [-0.2, 0) is 0 Å². The van der Waals surface area contributed by atoms with Crippen LogP contribution in [-0.4, -0.2) is 11.9 Å². The molecule has 0 saturated carbocycles. The Hall–Kier alpha value is -3.14. The molecule has 2 atom stereocenters. The summed E-state index contributed by atoms with van der Waals surface area (Å²) in [6.45, 7) is 6.20. The summed E-state index contributed by atoms with van der Waals surface area (Å²) in [4.78, 5) is 15.2. The van der Waals surface area contributed by atoms with Gasteiger partial charge in [0.25, 0.3) is 5.91 Å². The van der Waals surface area contributed by atoms with Crippen molar-refractivity contribution in [3.63, 3.8) is 0 Å². The van der Waals surface area contributed by atoms with Gasteiger partial charge in [-0.15, -0.1) is 0 Å². The lowest BCUT2D eigenvalue weighted by Crippen LogP contribution is -2.44. The molecule has 3 aromatic carbocycles. The Labute approximate surface area is 171 Å². The number of hydrogen-bond donors (Lipinski definition) is 1. The van der Waals surface area contributed by atoms with E-state index in [9.17, 15) is 9.18 Å². The first kappa shape index (κ1) is 19.2. The molecule has 0 spiro atoms. The molecule has 2 unspecified atom stereocenters. The summed E-state index contributed by atoms with van der Waals surface area (Å²) in [6, 6.07) is 20.3. The number of halogens is 1. The van der Waals surface area contributed by atoms with E-state index in [1.807, 2.05) is 36.1 Å². The number of nitrogens with one attached hydrogen (secondary N) is 1. The highest BCUT2D eigenvalue weighted by atomic mass is 19.1. The van der Waals surface area contributed by atoms with Crippen LogP contribution < -0.4 is 10.2 Å². The van der Waals surface area contributed by atoms with E-state index in [4.69, 9.17) is 0 Å². The molecule has 0 fully saturated rings. The van der Waals surface area contributed by atoms with Gasteiger partial charge < -0.3 is 10.2 Å². The molecule has 1 N–H and O–H groups in total. The SMILES string of the molecule is Cc1ccccc1NC1CC(C)N(C(=O)c2ccc(F)cc2)c2c(C)cccc21. The second-order valence-corrected chi connectivity index (χ2v) is 7.79. The van der Waals surface area contributed by atoms with Crippen molar-refractivity contribution in [3.05, 3.63) is 94.8 Å². The van der Waals surface area contributed by atoms with Crippen molar-refractivity contribution in [3.8, 4) is 0 Å². The minimum atomic E-state index is -0.340. The maximum atomic E-state index is 13.3. The van der Waals surface area contributed by atoms with E-state index in [1.165, 1.54) is 17.7 Å². The first-order valence-corrected chi connectivity index (χ1v) is 9.96. The molecule has 29 heavy (non-hydrogen) atoms. The number of nitrogens with zero attached hydrogens (tertiary/aromatic N) is 1. The lowest BCUT2D eigenvalue weighted by molar-refractivity contribution is 0.0974. The fourth-order valence-electron chi connectivity index (χ4n) is 4.18. The minimum absolute atomic E-state index is 0.00247. The lowest BCUT2D eigenvalue weighted by atomic mass is 9.88. The Bertz CT molecular complexity index is 1040. The topological polar surface area (TPSA) is 32.3 Å². The van der Waals surface area contributed by atoms with E-state index >= 15 is 0 Å². The Morgan fingerprint density at radius 3 is 2.38 bits per heavy atom. The molecule has 1 aliphatic heterocycles. The normalized spacial score (nSPS) is 18.3. The van der Waals surface area contributed by atoms with Crippen LogP contribution in [0.5, 0.6) is 0 Å². The molecule has 0 radical (unpaired) electrons. The zero-order valence-corrected chi connectivity index (χ0v) is 16.9. The van der Waals surface area contributed by atoms with Gasteiger partial charge in [0.2, 0.25) is 0 Å². The van der Waals surface area contributed by atoms with Crippen molar-refractivity contribution in [2.24, 2.45) is 0 Å². The van der Waals surface area contributed by atoms with Crippen LogP contribution in [0.4, 0.5) is 15.8 Å². The van der Waals surface area contributed by atoms with Gasteiger partial charge in [-0.25, -0.2) is 4.39 Å². The molecule has 4 heteroatoms. The van der Waals surface area contributed by atoms with E-state index in [1.54, 1.807) is 12.1 Å². The van der Waals surface area contributed by atoms with Crippen molar-refractivity contribution in [1.29, 1.82) is 0 Å². The molecule has 148 valence electrons. The Kier molecular flexibility index (Phi) is 5.10. The summed E-state index contributed by atoms with van der Waals surface area (Å²) in [7, 11) is 0. The van der Waals surface area contributed by atoms with Crippen molar-refractivity contribution in [2.45, 2.75) is 39.3 Å². The van der Waals surface area contributed by atoms with E-state index in [0.29, 0.717) is 5.56 Å². The molecule has 0 aliphatic carbocycles. The zero-order chi connectivity index (χ0) is 20.5. The highest BCUT2D eigenvalue weighted by molar-refractivity contribution is 6.07. The van der Waals surface area contributed by atoms with Gasteiger partial charge in [-0.1, -0.05) is 36.4 Å². The Morgan fingerprint density at radius 2 is 1.66 bits per heavy atom. The van der Waals surface area contributed by atoms with Gasteiger partial charge in [0.15, 0.2) is 0 Å². The number of carbonyl (C=O) groups excluding carboxylic acids is 1. The third-order valence-corrected chi connectivity index (χ3v) is 5.69. The zero-order valence-electron chi connectivity index (χ0n) is 16.9. The molecular formula is C25H25FN2O. The monoisotopic (exact) mass is 388 g/mol. The fourth-order valence-corrected chi connectivity index (χ4v) is 4.18. The van der Waals surface area contributed by atoms with E-state index < -0.39 is 0 Å². The number of fused-ring (bicyclic) bond motifs is 1. The number of benzene rings is 3. The standard InChI is InChI=1S/C25H25FN2O/c1-16-7-4-5-10-22(16)27-23-15-18(3)28(24-17(2)8-6-9-21(23)24)25(29)19-11-13-20(26)14-12-19/h4-14,18,23,27H,15H2,1-3H3. The highest BCUT2D eigenvalue weighted by Gasteiger charge is 2.35. The molecule has 0 aromatic heterocycles. The molecule has 1 aliphatic rings. The van der Waals surface area contributed by atoms with Crippen molar-refractivity contribution < 1.29 is 9.18 Å². The summed E-state index contributed by atoms with van der Waals surface area (Å²) in [5, 5.41) is 3.68. The summed E-state index contributed by atoms with van der Waals surface area (Å²) in [5.41, 5.74) is 5.92. The number of anilines is 2. The quantitative estimate of drug-likeness (QED) is 0.594. The van der Waals surface area contributed by atoms with Crippen LogP contribution >= 0.6 is 0 Å². The highest BCUT2D eigenvalue weighted by Crippen LogP contribution is 2.41. The van der Waals surface area contributed by atoms with Gasteiger partial charge in [0.1, 0.15) is 5.82 Å². The van der Waals surface area contributed by atoms with Crippen LogP contribution in [0.3, 0.4) is 0 Å². The lowest BCUT2D eigenvalue weighted by Gasteiger charge is -2.41. The molecule has 1 heterocycles. The number of rotatable bonds is 3. The third kappa shape index (κ3) is 3.63. The van der Waals surface area contributed by atoms with E-state index in [0.717, 1.165) is 28.9 Å². The molecule has 4 rings (SSSR count). The Balaban J connectivity index is 1.74. The van der Waals surface area contributed by atoms with Crippen LogP contribution in [0.2, 0.25) is 0 Å². The van der Waals surface area contributed by atoms with E-state index in [-0.39, 0.29) is 23.8 Å². The molecule has 3 nitrogen and oxygen atoms in total. The van der Waals surface area contributed by atoms with Crippen LogP contribution in [0.15, 0.2) is 66.7 Å². The molecule has 3 aromatic rings. The average Bonchev–Trinajstić information content (AvgIpc) is 2.70. The summed E-state index contributed by atoms with van der Waals surface area (Å²) in [6.07, 6.45) is 0.789. The van der Waals surface area contributed by atoms with Gasteiger partial charge in [-0.2, -0.15) is 0 Å². The largest absolute Gasteiger partial charge is 0.378 e. The average molecular weight is 388 g/mol. The Morgan fingerprint density at radius 1 is 0.966 bits per heavy atom. The second-order valence-electron chi connectivity index (χ2n) is 7.79. The van der Waals surface area contributed by atoms with Crippen molar-refractivity contribution in [1.82, 2.24) is 0 Å². The molecule has 1 amide bonds. The van der Waals surface area contributed by atoms with Crippen LogP contribution in [0.1, 0.15) is 46.4 Å². The van der Waals surface area contributed by atoms with Crippen molar-refractivity contribution >= 4 is 17.3 Å². The predicted octanol–water partition coefficient (Wildman–Crippen LogP) is 6.03. The van der Waals surface area contributed by atoms with Gasteiger partial charge >= 0.3 is 0 Å². The van der Waals surface area contributed by atoms with Gasteiger partial charge in [-0.3, -0.25) is 4.79 Å². The predicted molar refractivity (Wildman–Crippen MR) is 116 cm³/mol. The first-order chi connectivity index (χ1) is 14.0. The van der Waals surface area contributed by atoms with Crippen LogP contribution in [0, 0.1) is 19.7 Å². The van der Waals surface area contributed by atoms with Gasteiger partial charge in [-0.05, 0) is 74.2 Å². The number of hydrogen-bond acceptors (Lipinski definition) is 2. The summed E-state index contributed by atoms with van der Waals surface area (Å²) in [5.74, 6) is -0.435. The van der Waals surface area contributed by atoms with Gasteiger partial charge in [0.05, 0.1) is 11.7 Å². The fraction of sp³-hybridized carbons (Fsp3) is 0.240. The molecule has 0 bridgehead atoms. The number of aryl methyl sites for hydroxylation is 2. The summed E-state index contributed by atoms with van der Waals surface area (Å²) >= 11 is 0. The van der Waals surface area contributed by atoms with Crippen molar-refractivity contribution in [2.75, 3.05) is 10.2 Å².